The third-order valence-corrected chi connectivity index (χ3v) is 8.49. The lowest BCUT2D eigenvalue weighted by molar-refractivity contribution is 0.605. The molecular formula is C39H24N4O. The zero-order valence-electron chi connectivity index (χ0n) is 23.6. The second-order valence-electron chi connectivity index (χ2n) is 11.0. The van der Waals surface area contributed by atoms with Crippen LogP contribution in [-0.2, 0) is 0 Å². The Morgan fingerprint density at radius 2 is 1.50 bits per heavy atom. The number of nitrogens with zero attached hydrogens (tertiary/aromatic N) is 4. The maximum atomic E-state index is 5.90. The molecule has 0 unspecified atom stereocenters. The van der Waals surface area contributed by atoms with Crippen LogP contribution < -0.4 is 0 Å². The summed E-state index contributed by atoms with van der Waals surface area (Å²) in [7, 11) is 0. The standard InChI is InChI=1S/C39H24N4O/c1-2-3-10-28-22-40-39(42-36(28)26-14-9-13-25(19-26)24-11-5-4-6-12-24)27-17-18-34-30(20-27)31-21-32-38(44-23-41-32)35-29-15-7-8-16-33(29)43(34)37(31)35/h2-23H,1H2/b10-3-. The minimum Gasteiger partial charge on any atom is -0.443 e. The van der Waals surface area contributed by atoms with Gasteiger partial charge >= 0.3 is 0 Å². The summed E-state index contributed by atoms with van der Waals surface area (Å²) in [6.07, 6.45) is 9.12. The van der Waals surface area contributed by atoms with Crippen LogP contribution in [-0.4, -0.2) is 19.4 Å². The van der Waals surface area contributed by atoms with Crippen LogP contribution in [0.2, 0.25) is 0 Å². The number of allylic oxidation sites excluding steroid dienone is 2. The first-order valence-corrected chi connectivity index (χ1v) is 14.5. The van der Waals surface area contributed by atoms with E-state index in [1.165, 1.54) is 6.39 Å². The zero-order chi connectivity index (χ0) is 29.2. The highest BCUT2D eigenvalue weighted by molar-refractivity contribution is 6.30. The van der Waals surface area contributed by atoms with Crippen LogP contribution in [0.3, 0.4) is 0 Å². The van der Waals surface area contributed by atoms with Crippen LogP contribution in [0.5, 0.6) is 0 Å². The molecule has 206 valence electrons. The maximum absolute atomic E-state index is 5.90. The van der Waals surface area contributed by atoms with Gasteiger partial charge in [-0.2, -0.15) is 0 Å². The average Bonchev–Trinajstić information content (AvgIpc) is 3.78. The molecule has 0 aliphatic carbocycles. The molecule has 5 heteroatoms. The summed E-state index contributed by atoms with van der Waals surface area (Å²) in [6, 6.07) is 36.0. The van der Waals surface area contributed by atoms with Gasteiger partial charge in [0.1, 0.15) is 5.52 Å². The normalized spacial score (nSPS) is 12.1. The highest BCUT2D eigenvalue weighted by atomic mass is 16.3. The molecule has 5 aromatic carbocycles. The first-order valence-electron chi connectivity index (χ1n) is 14.5. The molecule has 0 radical (unpaired) electrons. The third-order valence-electron chi connectivity index (χ3n) is 8.49. The Bertz CT molecular complexity index is 2570. The first kappa shape index (κ1) is 24.5. The molecule has 4 heterocycles. The SMILES string of the molecule is C=C/C=C\c1cnc(-c2ccc3c(c2)c2cc4ncoc4c4c5ccccc5n3c24)nc1-c1cccc(-c2ccccc2)c1. The minimum absolute atomic E-state index is 0.670. The molecule has 0 aliphatic rings. The number of fused-ring (bicyclic) bond motifs is 8. The summed E-state index contributed by atoms with van der Waals surface area (Å²) < 4.78 is 8.24. The number of aromatic nitrogens is 4. The van der Waals surface area contributed by atoms with Crippen molar-refractivity contribution in [1.29, 1.82) is 0 Å². The van der Waals surface area contributed by atoms with Gasteiger partial charge in [-0.3, -0.25) is 0 Å². The van der Waals surface area contributed by atoms with Gasteiger partial charge in [0.25, 0.3) is 0 Å². The van der Waals surface area contributed by atoms with Crippen LogP contribution in [0.4, 0.5) is 0 Å². The molecule has 44 heavy (non-hydrogen) atoms. The Hall–Kier alpha value is -6.07. The van der Waals surface area contributed by atoms with Crippen molar-refractivity contribution in [2.45, 2.75) is 0 Å². The van der Waals surface area contributed by atoms with Crippen LogP contribution in [0.25, 0.3) is 89.0 Å². The maximum Gasteiger partial charge on any atom is 0.182 e. The topological polar surface area (TPSA) is 56.2 Å². The number of rotatable bonds is 5. The van der Waals surface area contributed by atoms with Gasteiger partial charge in [0.05, 0.1) is 27.6 Å². The summed E-state index contributed by atoms with van der Waals surface area (Å²) in [5, 5.41) is 4.52. The number of para-hydroxylation sites is 1. The predicted octanol–water partition coefficient (Wildman–Crippen LogP) is 9.97. The lowest BCUT2D eigenvalue weighted by Gasteiger charge is -2.10. The van der Waals surface area contributed by atoms with Crippen molar-refractivity contribution in [2.75, 3.05) is 0 Å². The van der Waals surface area contributed by atoms with E-state index in [9.17, 15) is 0 Å². The van der Waals surface area contributed by atoms with Gasteiger partial charge in [-0.05, 0) is 47.5 Å². The van der Waals surface area contributed by atoms with Gasteiger partial charge in [0.2, 0.25) is 0 Å². The number of benzene rings is 5. The second-order valence-corrected chi connectivity index (χ2v) is 11.0. The Morgan fingerprint density at radius 3 is 2.41 bits per heavy atom. The van der Waals surface area contributed by atoms with E-state index in [-0.39, 0.29) is 0 Å². The molecule has 5 nitrogen and oxygen atoms in total. The van der Waals surface area contributed by atoms with Crippen LogP contribution >= 0.6 is 0 Å². The predicted molar refractivity (Wildman–Crippen MR) is 180 cm³/mol. The first-order chi connectivity index (χ1) is 21.8. The zero-order valence-corrected chi connectivity index (χ0v) is 23.6. The monoisotopic (exact) mass is 564 g/mol. The summed E-state index contributed by atoms with van der Waals surface area (Å²) in [5.74, 6) is 0.670. The average molecular weight is 565 g/mol. The van der Waals surface area contributed by atoms with Gasteiger partial charge < -0.3 is 8.82 Å². The van der Waals surface area contributed by atoms with Crippen molar-refractivity contribution in [3.8, 4) is 33.8 Å². The Morgan fingerprint density at radius 1 is 0.682 bits per heavy atom. The molecular weight excluding hydrogens is 540 g/mol. The molecule has 0 aliphatic heterocycles. The van der Waals surface area contributed by atoms with E-state index < -0.39 is 0 Å². The Balaban J connectivity index is 1.26. The van der Waals surface area contributed by atoms with Crippen LogP contribution in [0.1, 0.15) is 5.56 Å². The highest BCUT2D eigenvalue weighted by Crippen LogP contribution is 2.43. The summed E-state index contributed by atoms with van der Waals surface area (Å²) in [4.78, 5) is 14.5. The van der Waals surface area contributed by atoms with E-state index in [0.29, 0.717) is 5.82 Å². The van der Waals surface area contributed by atoms with Crippen molar-refractivity contribution in [3.63, 3.8) is 0 Å². The summed E-state index contributed by atoms with van der Waals surface area (Å²) in [6.45, 7) is 3.85. The van der Waals surface area contributed by atoms with E-state index in [0.717, 1.165) is 82.7 Å². The molecule has 0 saturated carbocycles. The fourth-order valence-electron chi connectivity index (χ4n) is 6.55. The Labute approximate surface area is 252 Å². The molecule has 0 saturated heterocycles. The van der Waals surface area contributed by atoms with Gasteiger partial charge in [-0.1, -0.05) is 91.5 Å². The molecule has 0 amide bonds. The lowest BCUT2D eigenvalue weighted by Crippen LogP contribution is -1.96. The van der Waals surface area contributed by atoms with Gasteiger partial charge in [-0.15, -0.1) is 0 Å². The molecule has 9 aromatic rings. The Kier molecular flexibility index (Phi) is 5.28. The minimum atomic E-state index is 0.670. The smallest absolute Gasteiger partial charge is 0.182 e. The van der Waals surface area contributed by atoms with E-state index in [1.54, 1.807) is 6.08 Å². The summed E-state index contributed by atoms with van der Waals surface area (Å²) >= 11 is 0. The molecule has 0 spiro atoms. The van der Waals surface area contributed by atoms with Crippen molar-refractivity contribution < 1.29 is 4.42 Å². The summed E-state index contributed by atoms with van der Waals surface area (Å²) in [5.41, 5.74) is 11.2. The second kappa shape index (κ2) is 9.48. The lowest BCUT2D eigenvalue weighted by atomic mass is 9.99. The quantitative estimate of drug-likeness (QED) is 0.195. The van der Waals surface area contributed by atoms with Crippen molar-refractivity contribution in [1.82, 2.24) is 19.4 Å². The third kappa shape index (κ3) is 3.56. The van der Waals surface area contributed by atoms with E-state index >= 15 is 0 Å². The molecule has 0 bridgehead atoms. The van der Waals surface area contributed by atoms with E-state index in [2.05, 4.69) is 113 Å². The van der Waals surface area contributed by atoms with Gasteiger partial charge in [0, 0.05) is 39.0 Å². The van der Waals surface area contributed by atoms with E-state index in [1.807, 2.05) is 24.4 Å². The largest absolute Gasteiger partial charge is 0.443 e. The van der Waals surface area contributed by atoms with Crippen molar-refractivity contribution >= 4 is 55.3 Å². The fraction of sp³-hybridized carbons (Fsp3) is 0. The molecule has 4 aromatic heterocycles. The molecule has 9 rings (SSSR count). The molecule has 0 N–H and O–H groups in total. The van der Waals surface area contributed by atoms with Crippen LogP contribution in [0, 0.1) is 0 Å². The number of oxazole rings is 1. The number of hydrogen-bond acceptors (Lipinski definition) is 4. The molecule has 0 atom stereocenters. The van der Waals surface area contributed by atoms with Gasteiger partial charge in [-0.25, -0.2) is 15.0 Å². The van der Waals surface area contributed by atoms with Crippen molar-refractivity contribution in [3.05, 3.63) is 140 Å². The highest BCUT2D eigenvalue weighted by Gasteiger charge is 2.22. The molecule has 0 fully saturated rings. The van der Waals surface area contributed by atoms with Crippen LogP contribution in [0.15, 0.2) is 139 Å². The van der Waals surface area contributed by atoms with Crippen molar-refractivity contribution in [2.24, 2.45) is 0 Å². The van der Waals surface area contributed by atoms with E-state index in [4.69, 9.17) is 14.4 Å². The fourth-order valence-corrected chi connectivity index (χ4v) is 6.55. The number of hydrogen-bond donors (Lipinski definition) is 0. The van der Waals surface area contributed by atoms with Gasteiger partial charge in [0.15, 0.2) is 17.8 Å².